The van der Waals surface area contributed by atoms with Crippen LogP contribution in [-0.2, 0) is 4.74 Å². The van der Waals surface area contributed by atoms with Crippen LogP contribution in [0, 0.1) is 0 Å². The summed E-state index contributed by atoms with van der Waals surface area (Å²) in [6.07, 6.45) is 1.96. The van der Waals surface area contributed by atoms with Crippen molar-refractivity contribution in [1.82, 2.24) is 15.3 Å². The molecule has 1 aromatic rings. The summed E-state index contributed by atoms with van der Waals surface area (Å²) in [5.74, 6) is 0. The summed E-state index contributed by atoms with van der Waals surface area (Å²) in [5.41, 5.74) is -1.11. The van der Waals surface area contributed by atoms with Crippen LogP contribution < -0.4 is 15.5 Å². The van der Waals surface area contributed by atoms with Crippen molar-refractivity contribution in [2.75, 3.05) is 6.61 Å². The zero-order chi connectivity index (χ0) is 17.0. The number of alkyl carbamates (subject to hydrolysis) is 1. The minimum Gasteiger partial charge on any atom is -0.461 e. The zero-order valence-electron chi connectivity index (χ0n) is 13.5. The Bertz CT molecular complexity index is 499. The van der Waals surface area contributed by atoms with Gasteiger partial charge in [-0.25, -0.2) is 14.8 Å². The minimum absolute atomic E-state index is 0.0727. The van der Waals surface area contributed by atoms with Gasteiger partial charge in [0.1, 0.15) is 12.2 Å². The van der Waals surface area contributed by atoms with E-state index in [9.17, 15) is 4.79 Å². The Hall–Kier alpha value is -1.87. The molecule has 0 fully saturated rings. The lowest BCUT2D eigenvalue weighted by Crippen LogP contribution is -2.49. The molecule has 122 valence electrons. The molecule has 9 heteroatoms. The number of hydrogen-bond donors (Lipinski definition) is 3. The van der Waals surface area contributed by atoms with Gasteiger partial charge in [-0.2, -0.15) is 0 Å². The number of nitrogens with zero attached hydrogens (tertiary/aromatic N) is 2. The molecule has 0 spiro atoms. The van der Waals surface area contributed by atoms with Crippen molar-refractivity contribution in [1.29, 1.82) is 0 Å². The van der Waals surface area contributed by atoms with E-state index in [-0.39, 0.29) is 18.1 Å². The molecule has 0 aromatic carbocycles. The maximum Gasteiger partial charge on any atom is 0.491 e. The molecule has 0 aliphatic carbocycles. The number of carbonyl (C=O) groups is 1. The SMILES string of the molecule is CC(C)(COc1ncc(B(O)O)cn1)NC(=O)OC(C)(C)C. The summed E-state index contributed by atoms with van der Waals surface area (Å²) in [6, 6.07) is 0.0727. The van der Waals surface area contributed by atoms with Gasteiger partial charge >= 0.3 is 19.2 Å². The third-order valence-corrected chi connectivity index (χ3v) is 2.35. The molecule has 22 heavy (non-hydrogen) atoms. The molecule has 1 heterocycles. The molecule has 0 saturated carbocycles. The Morgan fingerprint density at radius 1 is 1.23 bits per heavy atom. The van der Waals surface area contributed by atoms with E-state index in [1.165, 1.54) is 12.4 Å². The average Bonchev–Trinajstić information content (AvgIpc) is 2.33. The topological polar surface area (TPSA) is 114 Å². The van der Waals surface area contributed by atoms with Gasteiger partial charge < -0.3 is 24.8 Å². The molecule has 0 radical (unpaired) electrons. The third-order valence-electron chi connectivity index (χ3n) is 2.35. The quantitative estimate of drug-likeness (QED) is 0.647. The van der Waals surface area contributed by atoms with Gasteiger partial charge in [0.15, 0.2) is 0 Å². The van der Waals surface area contributed by atoms with E-state index in [0.717, 1.165) is 0 Å². The zero-order valence-corrected chi connectivity index (χ0v) is 13.5. The Morgan fingerprint density at radius 3 is 2.23 bits per heavy atom. The van der Waals surface area contributed by atoms with Gasteiger partial charge in [-0.05, 0) is 34.6 Å². The van der Waals surface area contributed by atoms with Gasteiger partial charge in [-0.3, -0.25) is 0 Å². The van der Waals surface area contributed by atoms with E-state index in [2.05, 4.69) is 15.3 Å². The number of ether oxygens (including phenoxy) is 2. The molecule has 0 unspecified atom stereocenters. The second kappa shape index (κ2) is 6.93. The summed E-state index contributed by atoms with van der Waals surface area (Å²) in [5, 5.41) is 20.6. The molecule has 1 aromatic heterocycles. The summed E-state index contributed by atoms with van der Waals surface area (Å²) in [4.78, 5) is 19.4. The van der Waals surface area contributed by atoms with Crippen LogP contribution in [0.1, 0.15) is 34.6 Å². The molecule has 0 atom stereocenters. The van der Waals surface area contributed by atoms with Crippen molar-refractivity contribution < 1.29 is 24.3 Å². The Morgan fingerprint density at radius 2 is 1.77 bits per heavy atom. The second-order valence-electron chi connectivity index (χ2n) is 6.47. The van der Waals surface area contributed by atoms with Crippen molar-refractivity contribution in [3.05, 3.63) is 12.4 Å². The number of aromatic nitrogens is 2. The molecule has 0 bridgehead atoms. The predicted octanol–water partition coefficient (Wildman–Crippen LogP) is -0.162. The molecule has 0 saturated heterocycles. The average molecular weight is 311 g/mol. The lowest BCUT2D eigenvalue weighted by atomic mass is 9.83. The second-order valence-corrected chi connectivity index (χ2v) is 6.47. The fourth-order valence-corrected chi connectivity index (χ4v) is 1.40. The first kappa shape index (κ1) is 18.2. The molecule has 0 aliphatic heterocycles. The predicted molar refractivity (Wildman–Crippen MR) is 80.8 cm³/mol. The summed E-state index contributed by atoms with van der Waals surface area (Å²) >= 11 is 0. The van der Waals surface area contributed by atoms with E-state index in [1.54, 1.807) is 34.6 Å². The molecule has 8 nitrogen and oxygen atoms in total. The van der Waals surface area contributed by atoms with Crippen LogP contribution in [0.5, 0.6) is 6.01 Å². The fourth-order valence-electron chi connectivity index (χ4n) is 1.40. The first-order valence-corrected chi connectivity index (χ1v) is 6.80. The molecular formula is C13H22BN3O5. The van der Waals surface area contributed by atoms with Crippen LogP contribution in [0.15, 0.2) is 12.4 Å². The summed E-state index contributed by atoms with van der Waals surface area (Å²) in [6.45, 7) is 8.99. The maximum absolute atomic E-state index is 11.7. The van der Waals surface area contributed by atoms with Crippen LogP contribution in [0.3, 0.4) is 0 Å². The monoisotopic (exact) mass is 311 g/mol. The normalized spacial score (nSPS) is 11.8. The van der Waals surface area contributed by atoms with Crippen molar-refractivity contribution in [2.24, 2.45) is 0 Å². The van der Waals surface area contributed by atoms with Gasteiger partial charge in [-0.1, -0.05) is 0 Å². The van der Waals surface area contributed by atoms with E-state index < -0.39 is 24.4 Å². The van der Waals surface area contributed by atoms with Crippen LogP contribution in [0.4, 0.5) is 4.79 Å². The van der Waals surface area contributed by atoms with E-state index in [4.69, 9.17) is 19.5 Å². The lowest BCUT2D eigenvalue weighted by molar-refractivity contribution is 0.0438. The molecule has 1 rings (SSSR count). The Labute approximate surface area is 130 Å². The first-order chi connectivity index (χ1) is 9.98. The molecule has 3 N–H and O–H groups in total. The van der Waals surface area contributed by atoms with E-state index in [1.807, 2.05) is 0 Å². The standard InChI is InChI=1S/C13H22BN3O5/c1-12(2,3)22-11(18)17-13(4,5)8-21-10-15-6-9(7-16-10)14(19)20/h6-7,19-20H,8H2,1-5H3,(H,17,18). The molecular weight excluding hydrogens is 289 g/mol. The van der Waals surface area contributed by atoms with Gasteiger partial charge in [-0.15, -0.1) is 0 Å². The van der Waals surface area contributed by atoms with Gasteiger partial charge in [0, 0.05) is 17.9 Å². The van der Waals surface area contributed by atoms with Crippen molar-refractivity contribution >= 4 is 18.7 Å². The smallest absolute Gasteiger partial charge is 0.461 e. The van der Waals surface area contributed by atoms with Gasteiger partial charge in [0.05, 0.1) is 5.54 Å². The van der Waals surface area contributed by atoms with Crippen LogP contribution >= 0.6 is 0 Å². The van der Waals surface area contributed by atoms with Crippen molar-refractivity contribution in [3.8, 4) is 6.01 Å². The maximum atomic E-state index is 11.7. The molecule has 0 aliphatic rings. The Balaban J connectivity index is 2.52. The summed E-state index contributed by atoms with van der Waals surface area (Å²) in [7, 11) is -1.63. The third kappa shape index (κ3) is 6.73. The van der Waals surface area contributed by atoms with E-state index >= 15 is 0 Å². The van der Waals surface area contributed by atoms with Gasteiger partial charge in [0.2, 0.25) is 0 Å². The molecule has 1 amide bonds. The summed E-state index contributed by atoms with van der Waals surface area (Å²) < 4.78 is 10.6. The minimum atomic E-state index is -1.63. The number of amides is 1. The number of nitrogens with one attached hydrogen (secondary N) is 1. The van der Waals surface area contributed by atoms with Crippen LogP contribution in [0.2, 0.25) is 0 Å². The Kier molecular flexibility index (Phi) is 5.73. The number of rotatable bonds is 5. The number of carbonyl (C=O) groups excluding carboxylic acids is 1. The first-order valence-electron chi connectivity index (χ1n) is 6.80. The lowest BCUT2D eigenvalue weighted by Gasteiger charge is -2.28. The number of hydrogen-bond acceptors (Lipinski definition) is 7. The highest BCUT2D eigenvalue weighted by Gasteiger charge is 2.25. The highest BCUT2D eigenvalue weighted by Crippen LogP contribution is 2.10. The largest absolute Gasteiger partial charge is 0.491 e. The highest BCUT2D eigenvalue weighted by molar-refractivity contribution is 6.58. The fraction of sp³-hybridized carbons (Fsp3) is 0.615. The van der Waals surface area contributed by atoms with E-state index in [0.29, 0.717) is 0 Å². The van der Waals surface area contributed by atoms with Crippen LogP contribution in [-0.4, -0.2) is 51.0 Å². The van der Waals surface area contributed by atoms with Crippen molar-refractivity contribution in [2.45, 2.75) is 45.8 Å². The van der Waals surface area contributed by atoms with Crippen LogP contribution in [0.25, 0.3) is 0 Å². The van der Waals surface area contributed by atoms with Crippen molar-refractivity contribution in [3.63, 3.8) is 0 Å². The highest BCUT2D eigenvalue weighted by atomic mass is 16.6. The van der Waals surface area contributed by atoms with Gasteiger partial charge in [0.25, 0.3) is 0 Å².